The second-order valence-corrected chi connectivity index (χ2v) is 6.00. The molecule has 0 saturated heterocycles. The molecule has 2 rings (SSSR count). The number of nitrogens with one attached hydrogen (secondary N) is 1. The number of aryl methyl sites for hydroxylation is 1. The lowest BCUT2D eigenvalue weighted by atomic mass is 10.2. The van der Waals surface area contributed by atoms with Crippen molar-refractivity contribution in [1.82, 2.24) is 5.32 Å². The molecule has 1 heterocycles. The predicted octanol–water partition coefficient (Wildman–Crippen LogP) is 3.55. The van der Waals surface area contributed by atoms with E-state index in [0.717, 1.165) is 18.8 Å². The van der Waals surface area contributed by atoms with Crippen molar-refractivity contribution in [2.24, 2.45) is 0 Å². The number of hydrogen-bond donors (Lipinski definition) is 1. The largest absolute Gasteiger partial charge is 0.370 e. The lowest BCUT2D eigenvalue weighted by Crippen LogP contribution is -2.16. The SMILES string of the molecule is CNCc1cc(CN(C)c2ccc(F)cc2)c(C)s1. The number of benzene rings is 1. The van der Waals surface area contributed by atoms with Gasteiger partial charge in [0.2, 0.25) is 0 Å². The van der Waals surface area contributed by atoms with Crippen LogP contribution in [0.1, 0.15) is 15.3 Å². The fourth-order valence-corrected chi connectivity index (χ4v) is 3.11. The van der Waals surface area contributed by atoms with Gasteiger partial charge in [0.25, 0.3) is 0 Å². The molecule has 0 saturated carbocycles. The van der Waals surface area contributed by atoms with E-state index in [9.17, 15) is 4.39 Å². The molecular formula is C15H19FN2S. The average Bonchev–Trinajstić information content (AvgIpc) is 2.71. The summed E-state index contributed by atoms with van der Waals surface area (Å²) in [6.45, 7) is 3.90. The van der Waals surface area contributed by atoms with Gasteiger partial charge in [0.1, 0.15) is 5.82 Å². The van der Waals surface area contributed by atoms with E-state index in [0.29, 0.717) is 0 Å². The van der Waals surface area contributed by atoms with Gasteiger partial charge in [-0.05, 0) is 49.9 Å². The first-order valence-corrected chi connectivity index (χ1v) is 7.11. The van der Waals surface area contributed by atoms with E-state index in [4.69, 9.17) is 0 Å². The van der Waals surface area contributed by atoms with Crippen LogP contribution in [0.4, 0.5) is 10.1 Å². The molecule has 1 N–H and O–H groups in total. The van der Waals surface area contributed by atoms with E-state index < -0.39 is 0 Å². The molecule has 0 aliphatic heterocycles. The maximum atomic E-state index is 12.9. The normalized spacial score (nSPS) is 10.7. The minimum absolute atomic E-state index is 0.194. The number of halogens is 1. The highest BCUT2D eigenvalue weighted by Gasteiger charge is 2.08. The third-order valence-electron chi connectivity index (χ3n) is 3.10. The van der Waals surface area contributed by atoms with Crippen LogP contribution in [0.15, 0.2) is 30.3 Å². The Labute approximate surface area is 117 Å². The van der Waals surface area contributed by atoms with Crippen LogP contribution in [0.5, 0.6) is 0 Å². The summed E-state index contributed by atoms with van der Waals surface area (Å²) in [5, 5.41) is 3.17. The Bertz CT molecular complexity index is 534. The predicted molar refractivity (Wildman–Crippen MR) is 80.3 cm³/mol. The van der Waals surface area contributed by atoms with Crippen LogP contribution < -0.4 is 10.2 Å². The number of anilines is 1. The Kier molecular flexibility index (Phi) is 4.56. The smallest absolute Gasteiger partial charge is 0.123 e. The highest BCUT2D eigenvalue weighted by atomic mass is 32.1. The Morgan fingerprint density at radius 3 is 2.58 bits per heavy atom. The van der Waals surface area contributed by atoms with Crippen molar-refractivity contribution >= 4 is 17.0 Å². The Hall–Kier alpha value is -1.39. The second-order valence-electron chi connectivity index (χ2n) is 4.66. The third-order valence-corrected chi connectivity index (χ3v) is 4.19. The fourth-order valence-electron chi connectivity index (χ4n) is 2.05. The molecular weight excluding hydrogens is 259 g/mol. The third kappa shape index (κ3) is 3.55. The summed E-state index contributed by atoms with van der Waals surface area (Å²) in [6.07, 6.45) is 0. The van der Waals surface area contributed by atoms with Crippen molar-refractivity contribution in [3.05, 3.63) is 51.5 Å². The van der Waals surface area contributed by atoms with Crippen molar-refractivity contribution in [2.75, 3.05) is 19.0 Å². The topological polar surface area (TPSA) is 15.3 Å². The van der Waals surface area contributed by atoms with E-state index in [2.05, 4.69) is 23.2 Å². The van der Waals surface area contributed by atoms with E-state index >= 15 is 0 Å². The van der Waals surface area contributed by atoms with Crippen LogP contribution in [0.3, 0.4) is 0 Å². The number of hydrogen-bond acceptors (Lipinski definition) is 3. The summed E-state index contributed by atoms with van der Waals surface area (Å²) in [5.41, 5.74) is 2.37. The minimum atomic E-state index is -0.194. The monoisotopic (exact) mass is 278 g/mol. The summed E-state index contributed by atoms with van der Waals surface area (Å²) in [7, 11) is 3.99. The number of thiophene rings is 1. The molecule has 0 unspecified atom stereocenters. The summed E-state index contributed by atoms with van der Waals surface area (Å²) < 4.78 is 12.9. The van der Waals surface area contributed by atoms with Gasteiger partial charge < -0.3 is 10.2 Å². The lowest BCUT2D eigenvalue weighted by Gasteiger charge is -2.19. The van der Waals surface area contributed by atoms with Gasteiger partial charge in [-0.15, -0.1) is 11.3 Å². The first-order chi connectivity index (χ1) is 9.10. The quantitative estimate of drug-likeness (QED) is 0.899. The molecule has 1 aromatic carbocycles. The summed E-state index contributed by atoms with van der Waals surface area (Å²) in [4.78, 5) is 4.83. The molecule has 102 valence electrons. The summed E-state index contributed by atoms with van der Waals surface area (Å²) in [6, 6.07) is 8.87. The van der Waals surface area contributed by atoms with Crippen LogP contribution in [0.25, 0.3) is 0 Å². The highest BCUT2D eigenvalue weighted by molar-refractivity contribution is 7.12. The zero-order valence-corrected chi connectivity index (χ0v) is 12.4. The Morgan fingerprint density at radius 1 is 1.26 bits per heavy atom. The average molecular weight is 278 g/mol. The molecule has 0 bridgehead atoms. The molecule has 2 aromatic rings. The van der Waals surface area contributed by atoms with Gasteiger partial charge in [0.15, 0.2) is 0 Å². The van der Waals surface area contributed by atoms with Gasteiger partial charge in [-0.25, -0.2) is 4.39 Å². The van der Waals surface area contributed by atoms with Crippen molar-refractivity contribution in [2.45, 2.75) is 20.0 Å². The number of rotatable bonds is 5. The first-order valence-electron chi connectivity index (χ1n) is 6.29. The van der Waals surface area contributed by atoms with Crippen molar-refractivity contribution in [1.29, 1.82) is 0 Å². The lowest BCUT2D eigenvalue weighted by molar-refractivity contribution is 0.627. The van der Waals surface area contributed by atoms with Crippen molar-refractivity contribution in [3.63, 3.8) is 0 Å². The zero-order chi connectivity index (χ0) is 13.8. The Balaban J connectivity index is 2.09. The second kappa shape index (κ2) is 6.17. The molecule has 0 atom stereocenters. The number of nitrogens with zero attached hydrogens (tertiary/aromatic N) is 1. The van der Waals surface area contributed by atoms with Gasteiger partial charge in [0, 0.05) is 35.6 Å². The molecule has 0 spiro atoms. The van der Waals surface area contributed by atoms with Gasteiger partial charge in [-0.3, -0.25) is 0 Å². The van der Waals surface area contributed by atoms with E-state index in [-0.39, 0.29) is 5.82 Å². The maximum absolute atomic E-state index is 12.9. The molecule has 4 heteroatoms. The van der Waals surface area contributed by atoms with Crippen molar-refractivity contribution < 1.29 is 4.39 Å². The van der Waals surface area contributed by atoms with Crippen LogP contribution in [-0.2, 0) is 13.1 Å². The Morgan fingerprint density at radius 2 is 1.95 bits per heavy atom. The first kappa shape index (κ1) is 14.0. The zero-order valence-electron chi connectivity index (χ0n) is 11.5. The van der Waals surface area contributed by atoms with E-state index in [1.807, 2.05) is 37.6 Å². The van der Waals surface area contributed by atoms with Crippen LogP contribution >= 0.6 is 11.3 Å². The van der Waals surface area contributed by atoms with Crippen LogP contribution in [-0.4, -0.2) is 14.1 Å². The highest BCUT2D eigenvalue weighted by Crippen LogP contribution is 2.24. The van der Waals surface area contributed by atoms with Crippen LogP contribution in [0, 0.1) is 12.7 Å². The molecule has 0 radical (unpaired) electrons. The van der Waals surface area contributed by atoms with Gasteiger partial charge in [0.05, 0.1) is 0 Å². The molecule has 0 fully saturated rings. The summed E-state index contributed by atoms with van der Waals surface area (Å²) >= 11 is 1.83. The maximum Gasteiger partial charge on any atom is 0.123 e. The fraction of sp³-hybridized carbons (Fsp3) is 0.333. The van der Waals surface area contributed by atoms with Crippen molar-refractivity contribution in [3.8, 4) is 0 Å². The molecule has 2 nitrogen and oxygen atoms in total. The van der Waals surface area contributed by atoms with E-state index in [1.54, 1.807) is 0 Å². The summed E-state index contributed by atoms with van der Waals surface area (Å²) in [5.74, 6) is -0.194. The molecule has 0 aliphatic carbocycles. The molecule has 19 heavy (non-hydrogen) atoms. The molecule has 0 aliphatic rings. The standard InChI is InChI=1S/C15H19FN2S/c1-11-12(8-15(19-11)9-17-2)10-18(3)14-6-4-13(16)5-7-14/h4-8,17H,9-10H2,1-3H3. The molecule has 0 amide bonds. The van der Waals surface area contributed by atoms with Gasteiger partial charge in [-0.1, -0.05) is 0 Å². The molecule has 1 aromatic heterocycles. The van der Waals surface area contributed by atoms with E-state index in [1.165, 1.54) is 27.5 Å². The van der Waals surface area contributed by atoms with Gasteiger partial charge in [-0.2, -0.15) is 0 Å². The van der Waals surface area contributed by atoms with Gasteiger partial charge >= 0.3 is 0 Å². The van der Waals surface area contributed by atoms with Crippen LogP contribution in [0.2, 0.25) is 0 Å². The minimum Gasteiger partial charge on any atom is -0.370 e.